The maximum absolute atomic E-state index is 14.7. The normalized spacial score (nSPS) is 21.1. The van der Waals surface area contributed by atoms with Crippen molar-refractivity contribution < 1.29 is 23.9 Å². The molecule has 0 spiro atoms. The second-order valence-electron chi connectivity index (χ2n) is 12.5. The van der Waals surface area contributed by atoms with Crippen LogP contribution in [0, 0.1) is 5.92 Å². The molecule has 1 N–H and O–H groups in total. The molecular weight excluding hydrogens is 645 g/mol. The molecule has 0 unspecified atom stereocenters. The number of anilines is 1. The summed E-state index contributed by atoms with van der Waals surface area (Å²) < 4.78 is 13.3. The lowest BCUT2D eigenvalue weighted by molar-refractivity contribution is -0.252. The first kappa shape index (κ1) is 33.4. The van der Waals surface area contributed by atoms with Gasteiger partial charge in [0.1, 0.15) is 0 Å². The molecule has 3 heterocycles. The fraction of sp³-hybridized carbons (Fsp3) is 0.514. The zero-order valence-corrected chi connectivity index (χ0v) is 28.5. The third-order valence-corrected chi connectivity index (χ3v) is 11.1. The number of fused-ring (bicyclic) bond motifs is 1. The number of amides is 1. The molecule has 0 atom stereocenters. The van der Waals surface area contributed by atoms with Gasteiger partial charge in [0.2, 0.25) is 5.85 Å². The Kier molecular flexibility index (Phi) is 10.7. The Balaban J connectivity index is 1.23. The first-order chi connectivity index (χ1) is 22.3. The van der Waals surface area contributed by atoms with E-state index in [0.29, 0.717) is 59.1 Å². The Bertz CT molecular complexity index is 1560. The van der Waals surface area contributed by atoms with Crippen LogP contribution in [0.5, 0.6) is 0 Å². The molecule has 8 nitrogen and oxygen atoms in total. The van der Waals surface area contributed by atoms with Crippen molar-refractivity contribution in [2.75, 3.05) is 38.1 Å². The van der Waals surface area contributed by atoms with Gasteiger partial charge in [0, 0.05) is 53.1 Å². The number of esters is 1. The molecule has 2 aromatic carbocycles. The summed E-state index contributed by atoms with van der Waals surface area (Å²) in [6, 6.07) is 11.1. The Morgan fingerprint density at radius 2 is 1.59 bits per heavy atom. The van der Waals surface area contributed by atoms with Crippen LogP contribution in [0.15, 0.2) is 41.8 Å². The van der Waals surface area contributed by atoms with Crippen LogP contribution in [-0.2, 0) is 25.5 Å². The standard InChI is InChI=1S/C35H41Cl2N3O5S/c1-2-44-34(43)23-11-13-25(14-12-23)45-35(39-15-5-6-16-39,40-17-7-8-18-40)32(41)20-24-19-29(37)30(21-28(24)36)38-33(42)27-22-46-31-10-4-3-9-26(27)31/h3-4,9-10,19,21-23,25H,2,5-8,11-18,20H2,1H3,(H,38,42). The zero-order chi connectivity index (χ0) is 32.3. The highest BCUT2D eigenvalue weighted by Gasteiger charge is 2.53. The van der Waals surface area contributed by atoms with Crippen LogP contribution in [0.25, 0.3) is 10.1 Å². The number of ketones is 1. The Morgan fingerprint density at radius 3 is 2.24 bits per heavy atom. The van der Waals surface area contributed by atoms with Crippen LogP contribution in [0.4, 0.5) is 5.69 Å². The van der Waals surface area contributed by atoms with Gasteiger partial charge in [-0.05, 0) is 82.1 Å². The maximum Gasteiger partial charge on any atom is 0.308 e. The number of hydrogen-bond donors (Lipinski definition) is 1. The van der Waals surface area contributed by atoms with Crippen LogP contribution < -0.4 is 5.32 Å². The number of rotatable bonds is 11. The van der Waals surface area contributed by atoms with E-state index in [1.807, 2.05) is 36.6 Å². The molecule has 6 rings (SSSR count). The number of carbonyl (C=O) groups is 3. The monoisotopic (exact) mass is 685 g/mol. The summed E-state index contributed by atoms with van der Waals surface area (Å²) in [7, 11) is 0. The van der Waals surface area contributed by atoms with E-state index in [4.69, 9.17) is 32.7 Å². The quantitative estimate of drug-likeness (QED) is 0.209. The predicted molar refractivity (Wildman–Crippen MR) is 183 cm³/mol. The van der Waals surface area contributed by atoms with E-state index in [0.717, 1.165) is 61.9 Å². The van der Waals surface area contributed by atoms with Crippen LogP contribution in [-0.4, -0.2) is 72.2 Å². The molecule has 3 aliphatic rings. The largest absolute Gasteiger partial charge is 0.466 e. The van der Waals surface area contributed by atoms with Crippen molar-refractivity contribution in [3.8, 4) is 0 Å². The van der Waals surface area contributed by atoms with Gasteiger partial charge in [0.05, 0.1) is 34.9 Å². The number of halogens is 2. The highest BCUT2D eigenvalue weighted by molar-refractivity contribution is 7.17. The lowest BCUT2D eigenvalue weighted by atomic mass is 9.87. The van der Waals surface area contributed by atoms with Crippen molar-refractivity contribution in [1.29, 1.82) is 0 Å². The fourth-order valence-corrected chi connectivity index (χ4v) is 8.57. The van der Waals surface area contributed by atoms with Gasteiger partial charge in [-0.15, -0.1) is 11.3 Å². The molecule has 3 fully saturated rings. The van der Waals surface area contributed by atoms with Crippen LogP contribution in [0.1, 0.15) is 74.2 Å². The van der Waals surface area contributed by atoms with Crippen LogP contribution >= 0.6 is 34.5 Å². The minimum atomic E-state index is -1.21. The van der Waals surface area contributed by atoms with Crippen molar-refractivity contribution in [3.05, 3.63) is 63.0 Å². The number of thiophene rings is 1. The number of likely N-dealkylation sites (tertiary alicyclic amines) is 2. The lowest BCUT2D eigenvalue weighted by Crippen LogP contribution is -2.67. The highest BCUT2D eigenvalue weighted by atomic mass is 35.5. The minimum Gasteiger partial charge on any atom is -0.466 e. The number of ether oxygens (including phenoxy) is 2. The van der Waals surface area contributed by atoms with E-state index in [-0.39, 0.29) is 36.1 Å². The molecule has 1 aromatic heterocycles. The van der Waals surface area contributed by atoms with Crippen molar-refractivity contribution in [2.24, 2.45) is 5.92 Å². The van der Waals surface area contributed by atoms with Gasteiger partial charge in [0.15, 0.2) is 5.78 Å². The molecule has 2 saturated heterocycles. The second kappa shape index (κ2) is 14.7. The predicted octanol–water partition coefficient (Wildman–Crippen LogP) is 7.56. The van der Waals surface area contributed by atoms with E-state index in [1.165, 1.54) is 11.3 Å². The van der Waals surface area contributed by atoms with E-state index >= 15 is 0 Å². The van der Waals surface area contributed by atoms with Crippen molar-refractivity contribution in [3.63, 3.8) is 0 Å². The Hall–Kier alpha value is -2.53. The molecule has 11 heteroatoms. The average Bonchev–Trinajstić information content (AvgIpc) is 3.86. The SMILES string of the molecule is CCOC(=O)C1CCC(OC(C(=O)Cc2cc(Cl)c(NC(=O)c3csc4ccccc34)cc2Cl)(N2CCCC2)N2CCCC2)CC1. The molecule has 0 bridgehead atoms. The summed E-state index contributed by atoms with van der Waals surface area (Å²) in [6.07, 6.45) is 6.65. The van der Waals surface area contributed by atoms with Gasteiger partial charge in [-0.1, -0.05) is 41.4 Å². The smallest absolute Gasteiger partial charge is 0.308 e. The molecule has 3 aromatic rings. The number of nitrogens with zero attached hydrogens (tertiary/aromatic N) is 2. The van der Waals surface area contributed by atoms with Gasteiger partial charge in [0.25, 0.3) is 5.91 Å². The van der Waals surface area contributed by atoms with Crippen molar-refractivity contribution in [2.45, 2.75) is 76.7 Å². The summed E-state index contributed by atoms with van der Waals surface area (Å²) in [5.74, 6) is -1.81. The third-order valence-electron chi connectivity index (χ3n) is 9.52. The zero-order valence-electron chi connectivity index (χ0n) is 26.2. The molecule has 246 valence electrons. The summed E-state index contributed by atoms with van der Waals surface area (Å²) in [6.45, 7) is 5.31. The van der Waals surface area contributed by atoms with Gasteiger partial charge in [-0.3, -0.25) is 24.2 Å². The van der Waals surface area contributed by atoms with Gasteiger partial charge < -0.3 is 14.8 Å². The number of carbonyl (C=O) groups excluding carboxylic acids is 3. The molecule has 1 aliphatic carbocycles. The van der Waals surface area contributed by atoms with Crippen LogP contribution in [0.3, 0.4) is 0 Å². The second-order valence-corrected chi connectivity index (χ2v) is 14.2. The molecule has 46 heavy (non-hydrogen) atoms. The molecule has 0 radical (unpaired) electrons. The molecule has 2 aliphatic heterocycles. The molecule has 1 amide bonds. The summed E-state index contributed by atoms with van der Waals surface area (Å²) >= 11 is 15.0. The van der Waals surface area contributed by atoms with E-state index in [1.54, 1.807) is 12.1 Å². The first-order valence-corrected chi connectivity index (χ1v) is 18.1. The van der Waals surface area contributed by atoms with E-state index in [2.05, 4.69) is 15.1 Å². The van der Waals surface area contributed by atoms with E-state index < -0.39 is 5.85 Å². The van der Waals surface area contributed by atoms with E-state index in [9.17, 15) is 14.4 Å². The number of Topliss-reactive ketones (excluding diaryl/α,β-unsaturated/α-hetero) is 1. The fourth-order valence-electron chi connectivity index (χ4n) is 7.17. The Morgan fingerprint density at radius 1 is 0.935 bits per heavy atom. The third kappa shape index (κ3) is 6.86. The molecular formula is C35H41Cl2N3O5S. The minimum absolute atomic E-state index is 0.0348. The molecule has 1 saturated carbocycles. The van der Waals surface area contributed by atoms with Crippen LogP contribution in [0.2, 0.25) is 10.0 Å². The number of hydrogen-bond acceptors (Lipinski definition) is 8. The van der Waals surface area contributed by atoms with Crippen molar-refractivity contribution >= 4 is 68.0 Å². The topological polar surface area (TPSA) is 88.2 Å². The average molecular weight is 687 g/mol. The lowest BCUT2D eigenvalue weighted by Gasteiger charge is -2.48. The summed E-state index contributed by atoms with van der Waals surface area (Å²) in [4.78, 5) is 44.7. The summed E-state index contributed by atoms with van der Waals surface area (Å²) in [5.41, 5.74) is 1.55. The van der Waals surface area contributed by atoms with Gasteiger partial charge >= 0.3 is 5.97 Å². The number of benzene rings is 2. The Labute approximate surface area is 284 Å². The van der Waals surface area contributed by atoms with Gasteiger partial charge in [-0.2, -0.15) is 0 Å². The number of nitrogens with one attached hydrogen (secondary N) is 1. The van der Waals surface area contributed by atoms with Gasteiger partial charge in [-0.25, -0.2) is 0 Å². The maximum atomic E-state index is 14.7. The first-order valence-electron chi connectivity index (χ1n) is 16.4. The highest BCUT2D eigenvalue weighted by Crippen LogP contribution is 2.39. The summed E-state index contributed by atoms with van der Waals surface area (Å²) in [5, 5.41) is 6.29. The van der Waals surface area contributed by atoms with Crippen molar-refractivity contribution in [1.82, 2.24) is 9.80 Å².